The number of rotatable bonds is 10. The zero-order valence-corrected chi connectivity index (χ0v) is 13.2. The van der Waals surface area contributed by atoms with E-state index in [2.05, 4.69) is 44.8 Å². The Kier molecular flexibility index (Phi) is 7.25. The van der Waals surface area contributed by atoms with Crippen LogP contribution in [0.5, 0.6) is 0 Å². The quantitative estimate of drug-likeness (QED) is 0.640. The van der Waals surface area contributed by atoms with Gasteiger partial charge in [-0.15, -0.1) is 0 Å². The summed E-state index contributed by atoms with van der Waals surface area (Å²) in [7, 11) is 0. The lowest BCUT2D eigenvalue weighted by Crippen LogP contribution is -2.51. The molecule has 2 unspecified atom stereocenters. The molecule has 0 aliphatic heterocycles. The van der Waals surface area contributed by atoms with Crippen LogP contribution in [0.4, 0.5) is 0 Å². The molecular formula is C16H34N2. The predicted octanol–water partition coefficient (Wildman–Crippen LogP) is 3.66. The molecule has 0 spiro atoms. The van der Waals surface area contributed by atoms with Crippen molar-refractivity contribution < 1.29 is 0 Å². The first-order valence-electron chi connectivity index (χ1n) is 8.13. The van der Waals surface area contributed by atoms with E-state index in [1.807, 2.05) is 0 Å². The van der Waals surface area contributed by atoms with Crippen LogP contribution in [0.25, 0.3) is 0 Å². The fourth-order valence-corrected chi connectivity index (χ4v) is 3.14. The van der Waals surface area contributed by atoms with E-state index >= 15 is 0 Å². The number of hydrogen-bond acceptors (Lipinski definition) is 2. The van der Waals surface area contributed by atoms with Crippen LogP contribution in [-0.4, -0.2) is 36.1 Å². The van der Waals surface area contributed by atoms with Gasteiger partial charge in [0, 0.05) is 24.7 Å². The third-order valence-corrected chi connectivity index (χ3v) is 3.97. The molecule has 18 heavy (non-hydrogen) atoms. The summed E-state index contributed by atoms with van der Waals surface area (Å²) in [4.78, 5) is 2.81. The summed E-state index contributed by atoms with van der Waals surface area (Å²) in [6.07, 6.45) is 6.73. The Labute approximate surface area is 115 Å². The molecule has 0 aromatic heterocycles. The van der Waals surface area contributed by atoms with Crippen molar-refractivity contribution in [3.8, 4) is 0 Å². The summed E-state index contributed by atoms with van der Waals surface area (Å²) in [6, 6.07) is 2.31. The van der Waals surface area contributed by atoms with Gasteiger partial charge >= 0.3 is 0 Å². The van der Waals surface area contributed by atoms with E-state index in [1.165, 1.54) is 38.6 Å². The molecule has 0 bridgehead atoms. The van der Waals surface area contributed by atoms with Gasteiger partial charge in [-0.1, -0.05) is 41.0 Å². The summed E-state index contributed by atoms with van der Waals surface area (Å²) in [5.74, 6) is 0.781. The standard InChI is InChI=1S/C16H34N2/c1-6-9-15(17-8-3)16(7-2)18(12-13(4)5)14-10-11-14/h13-17H,6-12H2,1-5H3. The predicted molar refractivity (Wildman–Crippen MR) is 81.0 cm³/mol. The van der Waals surface area contributed by atoms with E-state index in [1.54, 1.807) is 0 Å². The Balaban J connectivity index is 2.67. The van der Waals surface area contributed by atoms with E-state index in [9.17, 15) is 0 Å². The van der Waals surface area contributed by atoms with Crippen LogP contribution < -0.4 is 5.32 Å². The second kappa shape index (κ2) is 8.16. The van der Waals surface area contributed by atoms with Crippen LogP contribution in [0, 0.1) is 5.92 Å². The lowest BCUT2D eigenvalue weighted by Gasteiger charge is -2.38. The highest BCUT2D eigenvalue weighted by Gasteiger charge is 2.36. The Bertz CT molecular complexity index is 205. The Morgan fingerprint density at radius 3 is 2.22 bits per heavy atom. The van der Waals surface area contributed by atoms with Crippen molar-refractivity contribution in [2.45, 2.75) is 84.8 Å². The van der Waals surface area contributed by atoms with Crippen LogP contribution in [-0.2, 0) is 0 Å². The first-order chi connectivity index (χ1) is 8.63. The topological polar surface area (TPSA) is 15.3 Å². The van der Waals surface area contributed by atoms with Crippen LogP contribution >= 0.6 is 0 Å². The van der Waals surface area contributed by atoms with Crippen LogP contribution in [0.2, 0.25) is 0 Å². The molecule has 0 radical (unpaired) electrons. The van der Waals surface area contributed by atoms with E-state index in [-0.39, 0.29) is 0 Å². The summed E-state index contributed by atoms with van der Waals surface area (Å²) >= 11 is 0. The molecule has 0 heterocycles. The fourth-order valence-electron chi connectivity index (χ4n) is 3.14. The average molecular weight is 254 g/mol. The molecule has 108 valence electrons. The maximum atomic E-state index is 3.73. The second-order valence-corrected chi connectivity index (χ2v) is 6.25. The van der Waals surface area contributed by atoms with Gasteiger partial charge in [0.05, 0.1) is 0 Å². The zero-order chi connectivity index (χ0) is 13.5. The molecule has 1 fully saturated rings. The molecule has 1 saturated carbocycles. The van der Waals surface area contributed by atoms with Gasteiger partial charge in [0.25, 0.3) is 0 Å². The molecule has 0 amide bonds. The van der Waals surface area contributed by atoms with Crippen molar-refractivity contribution in [1.82, 2.24) is 10.2 Å². The molecule has 1 aliphatic carbocycles. The SMILES string of the molecule is CCCC(NCC)C(CC)N(CC(C)C)C1CC1. The van der Waals surface area contributed by atoms with E-state index in [0.29, 0.717) is 6.04 Å². The first kappa shape index (κ1) is 16.0. The summed E-state index contributed by atoms with van der Waals surface area (Å²) in [5, 5.41) is 3.73. The number of nitrogens with zero attached hydrogens (tertiary/aromatic N) is 1. The largest absolute Gasteiger partial charge is 0.313 e. The molecule has 2 heteroatoms. The van der Waals surface area contributed by atoms with E-state index in [4.69, 9.17) is 0 Å². The van der Waals surface area contributed by atoms with Crippen molar-refractivity contribution in [2.24, 2.45) is 5.92 Å². The van der Waals surface area contributed by atoms with Crippen molar-refractivity contribution in [2.75, 3.05) is 13.1 Å². The number of nitrogens with one attached hydrogen (secondary N) is 1. The summed E-state index contributed by atoms with van der Waals surface area (Å²) in [5.41, 5.74) is 0. The minimum absolute atomic E-state index is 0.685. The lowest BCUT2D eigenvalue weighted by atomic mass is 9.97. The minimum atomic E-state index is 0.685. The third kappa shape index (κ3) is 4.89. The monoisotopic (exact) mass is 254 g/mol. The van der Waals surface area contributed by atoms with Crippen LogP contribution in [0.15, 0.2) is 0 Å². The highest BCUT2D eigenvalue weighted by molar-refractivity contribution is 4.93. The second-order valence-electron chi connectivity index (χ2n) is 6.25. The van der Waals surface area contributed by atoms with E-state index < -0.39 is 0 Å². The Morgan fingerprint density at radius 1 is 1.17 bits per heavy atom. The van der Waals surface area contributed by atoms with E-state index in [0.717, 1.165) is 24.5 Å². The number of likely N-dealkylation sites (N-methyl/N-ethyl adjacent to an activating group) is 1. The Morgan fingerprint density at radius 2 is 1.83 bits per heavy atom. The zero-order valence-electron chi connectivity index (χ0n) is 13.2. The van der Waals surface area contributed by atoms with Crippen molar-refractivity contribution in [3.05, 3.63) is 0 Å². The normalized spacial score (nSPS) is 19.5. The first-order valence-corrected chi connectivity index (χ1v) is 8.13. The van der Waals surface area contributed by atoms with Gasteiger partial charge in [-0.3, -0.25) is 4.90 Å². The van der Waals surface area contributed by atoms with Crippen LogP contribution in [0.1, 0.15) is 66.7 Å². The molecule has 2 nitrogen and oxygen atoms in total. The van der Waals surface area contributed by atoms with Crippen LogP contribution in [0.3, 0.4) is 0 Å². The van der Waals surface area contributed by atoms with Gasteiger partial charge in [-0.25, -0.2) is 0 Å². The maximum absolute atomic E-state index is 3.73. The Hall–Kier alpha value is -0.0800. The molecule has 1 N–H and O–H groups in total. The minimum Gasteiger partial charge on any atom is -0.313 e. The smallest absolute Gasteiger partial charge is 0.0249 e. The molecule has 1 aliphatic rings. The van der Waals surface area contributed by atoms with Crippen molar-refractivity contribution in [1.29, 1.82) is 0 Å². The highest BCUT2D eigenvalue weighted by atomic mass is 15.2. The molecule has 0 saturated heterocycles. The maximum Gasteiger partial charge on any atom is 0.0249 e. The summed E-state index contributed by atoms with van der Waals surface area (Å²) in [6.45, 7) is 14.0. The van der Waals surface area contributed by atoms with Gasteiger partial charge < -0.3 is 5.32 Å². The average Bonchev–Trinajstić information content (AvgIpc) is 3.12. The van der Waals surface area contributed by atoms with Gasteiger partial charge in [-0.2, -0.15) is 0 Å². The highest BCUT2D eigenvalue weighted by Crippen LogP contribution is 2.31. The molecule has 2 atom stereocenters. The van der Waals surface area contributed by atoms with Gasteiger partial charge in [0.15, 0.2) is 0 Å². The third-order valence-electron chi connectivity index (χ3n) is 3.97. The summed E-state index contributed by atoms with van der Waals surface area (Å²) < 4.78 is 0. The lowest BCUT2D eigenvalue weighted by molar-refractivity contribution is 0.123. The molecule has 0 aromatic rings. The van der Waals surface area contributed by atoms with Crippen molar-refractivity contribution in [3.63, 3.8) is 0 Å². The van der Waals surface area contributed by atoms with Crippen molar-refractivity contribution >= 4 is 0 Å². The number of hydrogen-bond donors (Lipinski definition) is 1. The molecular weight excluding hydrogens is 220 g/mol. The van der Waals surface area contributed by atoms with Gasteiger partial charge in [-0.05, 0) is 38.1 Å². The van der Waals surface area contributed by atoms with Gasteiger partial charge in [0.1, 0.15) is 0 Å². The molecule has 1 rings (SSSR count). The van der Waals surface area contributed by atoms with Gasteiger partial charge in [0.2, 0.25) is 0 Å². The fraction of sp³-hybridized carbons (Fsp3) is 1.00. The molecule has 0 aromatic carbocycles.